The number of carbonyl (C=O) groups excluding carboxylic acids is 1. The lowest BCUT2D eigenvalue weighted by Crippen LogP contribution is -2.43. The fourth-order valence-electron chi connectivity index (χ4n) is 2.38. The molecule has 4 nitrogen and oxygen atoms in total. The van der Waals surface area contributed by atoms with Crippen LogP contribution in [0.5, 0.6) is 0 Å². The van der Waals surface area contributed by atoms with Crippen LogP contribution in [0.25, 0.3) is 0 Å². The molecule has 98 valence electrons. The number of Topliss-reactive ketones (excluding diaryl/α,β-unsaturated/α-hetero) is 1. The van der Waals surface area contributed by atoms with E-state index in [-0.39, 0.29) is 11.2 Å². The van der Waals surface area contributed by atoms with E-state index in [9.17, 15) is 4.79 Å². The molecule has 0 aromatic carbocycles. The Hall–Kier alpha value is -1.42. The van der Waals surface area contributed by atoms with E-state index in [1.165, 1.54) is 0 Å². The number of rotatable bonds is 3. The number of carbonyl (C=O) groups is 1. The molecule has 1 aromatic rings. The normalized spacial score (nSPS) is 23.7. The van der Waals surface area contributed by atoms with E-state index >= 15 is 0 Å². The molecular weight excluding hydrogens is 226 g/mol. The van der Waals surface area contributed by atoms with E-state index in [0.717, 1.165) is 31.7 Å². The maximum absolute atomic E-state index is 12.5. The number of pyridine rings is 1. The summed E-state index contributed by atoms with van der Waals surface area (Å²) in [4.78, 5) is 18.7. The highest BCUT2D eigenvalue weighted by Crippen LogP contribution is 2.29. The highest BCUT2D eigenvalue weighted by atomic mass is 16.1. The van der Waals surface area contributed by atoms with Gasteiger partial charge in [0.2, 0.25) is 0 Å². The van der Waals surface area contributed by atoms with Crippen molar-refractivity contribution in [1.29, 1.82) is 0 Å². The van der Waals surface area contributed by atoms with E-state index in [0.29, 0.717) is 5.56 Å². The summed E-state index contributed by atoms with van der Waals surface area (Å²) in [5.41, 5.74) is 0.436. The number of nitrogens with one attached hydrogen (secondary N) is 1. The number of hydrogen-bond acceptors (Lipinski definition) is 4. The Morgan fingerprint density at radius 1 is 1.44 bits per heavy atom. The minimum atomic E-state index is -0.278. The van der Waals surface area contributed by atoms with Crippen LogP contribution in [-0.2, 0) is 0 Å². The maximum Gasteiger partial charge on any atom is 0.171 e. The third kappa shape index (κ3) is 2.53. The van der Waals surface area contributed by atoms with Gasteiger partial charge in [0.25, 0.3) is 0 Å². The summed E-state index contributed by atoms with van der Waals surface area (Å²) in [5.74, 6) is 1.07. The molecule has 0 bridgehead atoms. The van der Waals surface area contributed by atoms with E-state index in [1.54, 1.807) is 6.20 Å². The van der Waals surface area contributed by atoms with E-state index in [4.69, 9.17) is 0 Å². The second kappa shape index (κ2) is 5.06. The minimum Gasteiger partial charge on any atom is -0.363 e. The van der Waals surface area contributed by atoms with Crippen molar-refractivity contribution in [2.45, 2.75) is 19.8 Å². The van der Waals surface area contributed by atoms with Crippen LogP contribution in [0.4, 0.5) is 5.82 Å². The van der Waals surface area contributed by atoms with Crippen molar-refractivity contribution in [2.24, 2.45) is 5.41 Å². The third-order valence-corrected chi connectivity index (χ3v) is 3.61. The fourth-order valence-corrected chi connectivity index (χ4v) is 2.38. The highest BCUT2D eigenvalue weighted by molar-refractivity contribution is 6.00. The monoisotopic (exact) mass is 247 g/mol. The molecule has 1 saturated heterocycles. The molecule has 1 fully saturated rings. The molecule has 0 spiro atoms. The van der Waals surface area contributed by atoms with Gasteiger partial charge in [0, 0.05) is 37.8 Å². The maximum atomic E-state index is 12.5. The molecule has 1 aliphatic rings. The Morgan fingerprint density at radius 3 is 2.72 bits per heavy atom. The predicted octanol–water partition coefficient (Wildman–Crippen LogP) is 1.72. The van der Waals surface area contributed by atoms with Crippen molar-refractivity contribution in [2.75, 3.05) is 32.1 Å². The van der Waals surface area contributed by atoms with Crippen molar-refractivity contribution in [3.63, 3.8) is 0 Å². The molecule has 0 aliphatic carbocycles. The summed E-state index contributed by atoms with van der Waals surface area (Å²) in [6.07, 6.45) is 3.71. The second-order valence-corrected chi connectivity index (χ2v) is 5.47. The molecule has 1 aromatic heterocycles. The molecule has 1 N–H and O–H groups in total. The molecule has 0 radical (unpaired) electrons. The van der Waals surface area contributed by atoms with Crippen LogP contribution in [0, 0.1) is 5.41 Å². The zero-order chi connectivity index (χ0) is 13.2. The zero-order valence-electron chi connectivity index (χ0n) is 11.4. The summed E-state index contributed by atoms with van der Waals surface area (Å²) in [6.45, 7) is 3.82. The van der Waals surface area contributed by atoms with Crippen LogP contribution in [0.15, 0.2) is 18.3 Å². The average molecular weight is 247 g/mol. The first-order valence-corrected chi connectivity index (χ1v) is 6.42. The number of ketones is 1. The topological polar surface area (TPSA) is 45.2 Å². The Kier molecular flexibility index (Phi) is 3.66. The Balaban J connectivity index is 2.17. The number of piperidine rings is 1. The van der Waals surface area contributed by atoms with Crippen LogP contribution in [0.1, 0.15) is 30.1 Å². The van der Waals surface area contributed by atoms with Crippen LogP contribution < -0.4 is 10.2 Å². The first-order valence-electron chi connectivity index (χ1n) is 6.42. The van der Waals surface area contributed by atoms with E-state index < -0.39 is 0 Å². The summed E-state index contributed by atoms with van der Waals surface area (Å²) in [5, 5.41) is 3.31. The lowest BCUT2D eigenvalue weighted by atomic mass is 9.77. The highest BCUT2D eigenvalue weighted by Gasteiger charge is 2.35. The van der Waals surface area contributed by atoms with Gasteiger partial charge in [-0.25, -0.2) is 4.98 Å². The SMILES string of the molecule is CN(C)c1ccc(C(=O)C2(C)CCCNC2)cn1. The van der Waals surface area contributed by atoms with Gasteiger partial charge in [-0.05, 0) is 31.5 Å². The summed E-state index contributed by atoms with van der Waals surface area (Å²) < 4.78 is 0. The molecule has 4 heteroatoms. The van der Waals surface area contributed by atoms with Crippen LogP contribution >= 0.6 is 0 Å². The average Bonchev–Trinajstić information content (AvgIpc) is 2.39. The first-order chi connectivity index (χ1) is 8.53. The Labute approximate surface area is 108 Å². The van der Waals surface area contributed by atoms with Gasteiger partial charge in [0.05, 0.1) is 0 Å². The van der Waals surface area contributed by atoms with Crippen molar-refractivity contribution < 1.29 is 4.79 Å². The smallest absolute Gasteiger partial charge is 0.171 e. The molecular formula is C14H21N3O. The largest absolute Gasteiger partial charge is 0.363 e. The zero-order valence-corrected chi connectivity index (χ0v) is 11.4. The summed E-state index contributed by atoms with van der Waals surface area (Å²) in [6, 6.07) is 3.78. The first kappa shape index (κ1) is 13.0. The summed E-state index contributed by atoms with van der Waals surface area (Å²) in [7, 11) is 3.88. The quantitative estimate of drug-likeness (QED) is 0.826. The number of anilines is 1. The van der Waals surface area contributed by atoms with Crippen molar-refractivity contribution in [1.82, 2.24) is 10.3 Å². The van der Waals surface area contributed by atoms with E-state index in [2.05, 4.69) is 10.3 Å². The lowest BCUT2D eigenvalue weighted by Gasteiger charge is -2.32. The van der Waals surface area contributed by atoms with Crippen molar-refractivity contribution in [3.05, 3.63) is 23.9 Å². The predicted molar refractivity (Wildman–Crippen MR) is 73.1 cm³/mol. The summed E-state index contributed by atoms with van der Waals surface area (Å²) >= 11 is 0. The van der Waals surface area contributed by atoms with Gasteiger partial charge in [-0.2, -0.15) is 0 Å². The van der Waals surface area contributed by atoms with Gasteiger partial charge in [-0.1, -0.05) is 6.92 Å². The van der Waals surface area contributed by atoms with Gasteiger partial charge >= 0.3 is 0 Å². The van der Waals surface area contributed by atoms with Crippen molar-refractivity contribution >= 4 is 11.6 Å². The van der Waals surface area contributed by atoms with Gasteiger partial charge < -0.3 is 10.2 Å². The van der Waals surface area contributed by atoms with Gasteiger partial charge in [-0.3, -0.25) is 4.79 Å². The number of nitrogens with zero attached hydrogens (tertiary/aromatic N) is 2. The fraction of sp³-hybridized carbons (Fsp3) is 0.571. The molecule has 2 rings (SSSR count). The molecule has 2 heterocycles. The van der Waals surface area contributed by atoms with E-state index in [1.807, 2.05) is 38.1 Å². The third-order valence-electron chi connectivity index (χ3n) is 3.61. The van der Waals surface area contributed by atoms with Crippen LogP contribution in [0.2, 0.25) is 0 Å². The Bertz CT molecular complexity index is 419. The lowest BCUT2D eigenvalue weighted by molar-refractivity contribution is 0.0772. The van der Waals surface area contributed by atoms with Crippen molar-refractivity contribution in [3.8, 4) is 0 Å². The molecule has 1 atom stereocenters. The molecule has 1 unspecified atom stereocenters. The molecule has 0 amide bonds. The number of aromatic nitrogens is 1. The minimum absolute atomic E-state index is 0.201. The molecule has 0 saturated carbocycles. The van der Waals surface area contributed by atoms with Gasteiger partial charge in [0.1, 0.15) is 5.82 Å². The second-order valence-electron chi connectivity index (χ2n) is 5.47. The van der Waals surface area contributed by atoms with Gasteiger partial charge in [0.15, 0.2) is 5.78 Å². The molecule has 18 heavy (non-hydrogen) atoms. The van der Waals surface area contributed by atoms with Crippen LogP contribution in [0.3, 0.4) is 0 Å². The number of hydrogen-bond donors (Lipinski definition) is 1. The Morgan fingerprint density at radius 2 is 2.22 bits per heavy atom. The standard InChI is InChI=1S/C14H21N3O/c1-14(7-4-8-15-10-14)13(18)11-5-6-12(16-9-11)17(2)3/h5-6,9,15H,4,7-8,10H2,1-3H3. The van der Waals surface area contributed by atoms with Crippen LogP contribution in [-0.4, -0.2) is 38.0 Å². The molecule has 1 aliphatic heterocycles. The van der Waals surface area contributed by atoms with Gasteiger partial charge in [-0.15, -0.1) is 0 Å².